The smallest absolute Gasteiger partial charge is 0.159 e. The molecule has 2 nitrogen and oxygen atoms in total. The van der Waals surface area contributed by atoms with Crippen LogP contribution in [0.1, 0.15) is 67.1 Å². The molecule has 0 fully saturated rings. The number of hydrogen-bond donors (Lipinski definition) is 1. The number of unbranched alkanes of at least 4 members (excludes halogenated alkanes) is 1. The van der Waals surface area contributed by atoms with Crippen molar-refractivity contribution in [1.82, 2.24) is 0 Å². The van der Waals surface area contributed by atoms with E-state index < -0.39 is 5.60 Å². The summed E-state index contributed by atoms with van der Waals surface area (Å²) in [6.45, 7) is 5.64. The number of benzene rings is 2. The first-order valence-corrected chi connectivity index (χ1v) is 8.64. The first-order chi connectivity index (χ1) is 11.5. The van der Waals surface area contributed by atoms with E-state index in [2.05, 4.69) is 13.0 Å². The van der Waals surface area contributed by atoms with Gasteiger partial charge in [0.25, 0.3) is 0 Å². The fraction of sp³-hybridized carbons (Fsp3) is 0.318. The number of carbonyl (C=O) groups is 1. The predicted octanol–water partition coefficient (Wildman–Crippen LogP) is 5.10. The molecule has 2 aromatic rings. The molecule has 1 N–H and O–H groups in total. The minimum absolute atomic E-state index is 0.0700. The van der Waals surface area contributed by atoms with Gasteiger partial charge >= 0.3 is 0 Å². The van der Waals surface area contributed by atoms with E-state index >= 15 is 0 Å². The highest BCUT2D eigenvalue weighted by Crippen LogP contribution is 2.49. The second-order valence-corrected chi connectivity index (χ2v) is 6.71. The van der Waals surface area contributed by atoms with Crippen molar-refractivity contribution in [3.63, 3.8) is 0 Å². The molecule has 0 saturated carbocycles. The van der Waals surface area contributed by atoms with E-state index in [1.54, 1.807) is 6.92 Å². The van der Waals surface area contributed by atoms with E-state index in [4.69, 9.17) is 0 Å². The third-order valence-corrected chi connectivity index (χ3v) is 4.97. The lowest BCUT2D eigenvalue weighted by Gasteiger charge is -2.23. The second kappa shape index (κ2) is 6.37. The number of Topliss-reactive ketones (excluding diaryl/α,β-unsaturated/α-hetero) is 1. The van der Waals surface area contributed by atoms with Crippen LogP contribution in [-0.4, -0.2) is 10.9 Å². The minimum atomic E-state index is -0.930. The van der Waals surface area contributed by atoms with Crippen molar-refractivity contribution in [2.75, 3.05) is 0 Å². The van der Waals surface area contributed by atoms with E-state index in [1.807, 2.05) is 49.4 Å². The molecule has 0 spiro atoms. The molecule has 1 aliphatic carbocycles. The molecule has 2 aromatic carbocycles. The third kappa shape index (κ3) is 2.71. The first-order valence-electron chi connectivity index (χ1n) is 8.64. The lowest BCUT2D eigenvalue weighted by molar-refractivity contribution is 0.0972. The summed E-state index contributed by atoms with van der Waals surface area (Å²) in [5, 5.41) is 11.2. The summed E-state index contributed by atoms with van der Waals surface area (Å²) < 4.78 is 0. The molecule has 0 bridgehead atoms. The van der Waals surface area contributed by atoms with Gasteiger partial charge < -0.3 is 5.11 Å². The number of ketones is 1. The van der Waals surface area contributed by atoms with Crippen LogP contribution in [0, 0.1) is 0 Å². The second-order valence-electron chi connectivity index (χ2n) is 6.71. The SMILES string of the molecule is CCCCC1=C(c2ccc(C(C)=O)cc2)c2ccccc2C1(C)O. The van der Waals surface area contributed by atoms with Crippen molar-refractivity contribution < 1.29 is 9.90 Å². The van der Waals surface area contributed by atoms with Crippen molar-refractivity contribution >= 4 is 11.4 Å². The van der Waals surface area contributed by atoms with Gasteiger partial charge in [-0.15, -0.1) is 0 Å². The van der Waals surface area contributed by atoms with Gasteiger partial charge in [-0.05, 0) is 54.5 Å². The van der Waals surface area contributed by atoms with E-state index in [-0.39, 0.29) is 5.78 Å². The lowest BCUT2D eigenvalue weighted by Crippen LogP contribution is -2.21. The van der Waals surface area contributed by atoms with Crippen LogP contribution in [-0.2, 0) is 5.60 Å². The highest BCUT2D eigenvalue weighted by molar-refractivity contribution is 5.95. The Morgan fingerprint density at radius 3 is 2.38 bits per heavy atom. The molecule has 1 unspecified atom stereocenters. The summed E-state index contributed by atoms with van der Waals surface area (Å²) in [6, 6.07) is 15.8. The van der Waals surface area contributed by atoms with E-state index in [0.717, 1.165) is 47.1 Å². The molecule has 0 aromatic heterocycles. The van der Waals surface area contributed by atoms with Crippen molar-refractivity contribution in [1.29, 1.82) is 0 Å². The zero-order valence-corrected chi connectivity index (χ0v) is 14.6. The normalized spacial score (nSPS) is 19.5. The van der Waals surface area contributed by atoms with Crippen LogP contribution in [0.2, 0.25) is 0 Å². The molecule has 0 aliphatic heterocycles. The zero-order valence-electron chi connectivity index (χ0n) is 14.6. The van der Waals surface area contributed by atoms with Crippen molar-refractivity contribution in [3.05, 3.63) is 76.4 Å². The topological polar surface area (TPSA) is 37.3 Å². The maximum absolute atomic E-state index is 11.5. The van der Waals surface area contributed by atoms with E-state index in [9.17, 15) is 9.90 Å². The van der Waals surface area contributed by atoms with E-state index in [1.165, 1.54) is 0 Å². The number of rotatable bonds is 5. The fourth-order valence-electron chi connectivity index (χ4n) is 3.62. The maximum Gasteiger partial charge on any atom is 0.159 e. The van der Waals surface area contributed by atoms with Crippen LogP contribution in [0.5, 0.6) is 0 Å². The van der Waals surface area contributed by atoms with Crippen LogP contribution < -0.4 is 0 Å². The standard InChI is InChI=1S/C22H24O2/c1-4-5-9-20-21(17-13-11-16(12-14-17)15(2)23)18-8-6-7-10-19(18)22(20,3)24/h6-8,10-14,24H,4-5,9H2,1-3H3. The molecule has 1 aliphatic rings. The van der Waals surface area contributed by atoms with Gasteiger partial charge in [0.05, 0.1) is 0 Å². The molecule has 124 valence electrons. The predicted molar refractivity (Wildman–Crippen MR) is 98.0 cm³/mol. The van der Waals surface area contributed by atoms with E-state index in [0.29, 0.717) is 5.56 Å². The lowest BCUT2D eigenvalue weighted by atomic mass is 9.88. The van der Waals surface area contributed by atoms with Gasteiger partial charge in [-0.3, -0.25) is 4.79 Å². The van der Waals surface area contributed by atoms with Crippen molar-refractivity contribution in [2.24, 2.45) is 0 Å². The highest BCUT2D eigenvalue weighted by Gasteiger charge is 2.39. The summed E-state index contributed by atoms with van der Waals surface area (Å²) in [6.07, 6.45) is 3.02. The monoisotopic (exact) mass is 320 g/mol. The summed E-state index contributed by atoms with van der Waals surface area (Å²) in [5.41, 5.74) is 5.13. The van der Waals surface area contributed by atoms with Crippen LogP contribution in [0.3, 0.4) is 0 Å². The average Bonchev–Trinajstić information content (AvgIpc) is 2.80. The minimum Gasteiger partial charge on any atom is -0.381 e. The van der Waals surface area contributed by atoms with Gasteiger partial charge in [0.2, 0.25) is 0 Å². The van der Waals surface area contributed by atoms with Crippen LogP contribution >= 0.6 is 0 Å². The van der Waals surface area contributed by atoms with Gasteiger partial charge in [-0.25, -0.2) is 0 Å². The molecule has 2 heteroatoms. The van der Waals surface area contributed by atoms with Gasteiger partial charge in [0, 0.05) is 5.56 Å². The van der Waals surface area contributed by atoms with Crippen LogP contribution in [0.4, 0.5) is 0 Å². The number of aliphatic hydroxyl groups is 1. The van der Waals surface area contributed by atoms with Gasteiger partial charge in [0.1, 0.15) is 5.60 Å². The Hall–Kier alpha value is -2.19. The van der Waals surface area contributed by atoms with Crippen molar-refractivity contribution in [3.8, 4) is 0 Å². The van der Waals surface area contributed by atoms with Gasteiger partial charge in [0.15, 0.2) is 5.78 Å². The largest absolute Gasteiger partial charge is 0.381 e. The molecule has 0 radical (unpaired) electrons. The number of fused-ring (bicyclic) bond motifs is 1. The maximum atomic E-state index is 11.5. The Bertz CT molecular complexity index is 795. The summed E-state index contributed by atoms with van der Waals surface area (Å²) >= 11 is 0. The molecule has 3 rings (SSSR count). The van der Waals surface area contributed by atoms with Crippen molar-refractivity contribution in [2.45, 2.75) is 45.6 Å². The molecular formula is C22H24O2. The summed E-state index contributed by atoms with van der Waals surface area (Å²) in [5.74, 6) is 0.0700. The molecular weight excluding hydrogens is 296 g/mol. The summed E-state index contributed by atoms with van der Waals surface area (Å²) in [7, 11) is 0. The highest BCUT2D eigenvalue weighted by atomic mass is 16.3. The Morgan fingerprint density at radius 2 is 1.75 bits per heavy atom. The zero-order chi connectivity index (χ0) is 17.3. The first kappa shape index (κ1) is 16.7. The number of hydrogen-bond acceptors (Lipinski definition) is 2. The molecule has 0 saturated heterocycles. The average molecular weight is 320 g/mol. The Balaban J connectivity index is 2.17. The molecule has 0 heterocycles. The summed E-state index contributed by atoms with van der Waals surface area (Å²) in [4.78, 5) is 11.5. The number of carbonyl (C=O) groups excluding carboxylic acids is 1. The Labute approximate surface area is 143 Å². The van der Waals surface area contributed by atoms with Crippen LogP contribution in [0.25, 0.3) is 5.57 Å². The molecule has 0 amide bonds. The quantitative estimate of drug-likeness (QED) is 0.778. The molecule has 1 atom stereocenters. The van der Waals surface area contributed by atoms with Gasteiger partial charge in [-0.2, -0.15) is 0 Å². The molecule has 24 heavy (non-hydrogen) atoms. The van der Waals surface area contributed by atoms with Crippen LogP contribution in [0.15, 0.2) is 54.1 Å². The van der Waals surface area contributed by atoms with Gasteiger partial charge in [-0.1, -0.05) is 61.9 Å². The third-order valence-electron chi connectivity index (χ3n) is 4.97. The fourth-order valence-corrected chi connectivity index (χ4v) is 3.62. The Kier molecular flexibility index (Phi) is 4.42. The Morgan fingerprint density at radius 1 is 1.08 bits per heavy atom.